The van der Waals surface area contributed by atoms with Gasteiger partial charge in [0.2, 0.25) is 0 Å². The number of para-hydroxylation sites is 1. The van der Waals surface area contributed by atoms with Crippen molar-refractivity contribution >= 4 is 33.8 Å². The molecule has 98 valence electrons. The smallest absolute Gasteiger partial charge is 0.153 e. The van der Waals surface area contributed by atoms with Crippen LogP contribution in [0.4, 0.5) is 4.39 Å². The molecule has 0 aliphatic carbocycles. The van der Waals surface area contributed by atoms with Gasteiger partial charge >= 0.3 is 0 Å². The first-order valence-electron chi connectivity index (χ1n) is 5.43. The Kier molecular flexibility index (Phi) is 4.56. The zero-order valence-corrected chi connectivity index (χ0v) is 12.0. The Labute approximate surface area is 123 Å². The standard InChI is InChI=1S/C14H9BrClFO2/c15-13-10(4-2-6-12(13)17)8-19-14-9(7-18)3-1-5-11(14)16/h1-7H,8H2. The van der Waals surface area contributed by atoms with Crippen LogP contribution in [0.25, 0.3) is 0 Å². The van der Waals surface area contributed by atoms with Crippen LogP contribution in [0.1, 0.15) is 15.9 Å². The lowest BCUT2D eigenvalue weighted by Crippen LogP contribution is -2.00. The third kappa shape index (κ3) is 3.14. The lowest BCUT2D eigenvalue weighted by molar-refractivity contribution is 0.111. The van der Waals surface area contributed by atoms with E-state index in [1.165, 1.54) is 6.07 Å². The molecule has 0 bridgehead atoms. The Hall–Kier alpha value is -1.39. The van der Waals surface area contributed by atoms with Crippen molar-refractivity contribution < 1.29 is 13.9 Å². The predicted molar refractivity (Wildman–Crippen MR) is 75.3 cm³/mol. The number of hydrogen-bond acceptors (Lipinski definition) is 2. The highest BCUT2D eigenvalue weighted by Gasteiger charge is 2.10. The largest absolute Gasteiger partial charge is 0.487 e. The van der Waals surface area contributed by atoms with Gasteiger partial charge in [0.25, 0.3) is 0 Å². The van der Waals surface area contributed by atoms with Crippen molar-refractivity contribution in [2.75, 3.05) is 0 Å². The van der Waals surface area contributed by atoms with Crippen LogP contribution in [-0.2, 0) is 6.61 Å². The van der Waals surface area contributed by atoms with E-state index in [2.05, 4.69) is 15.9 Å². The number of benzene rings is 2. The quantitative estimate of drug-likeness (QED) is 0.756. The molecule has 0 saturated carbocycles. The van der Waals surface area contributed by atoms with Gasteiger partial charge in [-0.2, -0.15) is 0 Å². The summed E-state index contributed by atoms with van der Waals surface area (Å²) in [7, 11) is 0. The minimum Gasteiger partial charge on any atom is -0.487 e. The van der Waals surface area contributed by atoms with Crippen LogP contribution in [0.5, 0.6) is 5.75 Å². The van der Waals surface area contributed by atoms with Gasteiger partial charge in [0.1, 0.15) is 18.2 Å². The average molecular weight is 344 g/mol. The van der Waals surface area contributed by atoms with Crippen molar-refractivity contribution in [1.29, 1.82) is 0 Å². The first-order valence-corrected chi connectivity index (χ1v) is 6.60. The monoisotopic (exact) mass is 342 g/mol. The molecule has 0 heterocycles. The molecule has 0 radical (unpaired) electrons. The van der Waals surface area contributed by atoms with Gasteiger partial charge < -0.3 is 4.74 Å². The first-order chi connectivity index (χ1) is 9.13. The number of aldehydes is 1. The summed E-state index contributed by atoms with van der Waals surface area (Å²) >= 11 is 9.13. The number of halogens is 3. The minimum atomic E-state index is -0.365. The molecule has 0 aromatic heterocycles. The van der Waals surface area contributed by atoms with E-state index in [9.17, 15) is 9.18 Å². The number of carbonyl (C=O) groups is 1. The highest BCUT2D eigenvalue weighted by molar-refractivity contribution is 9.10. The normalized spacial score (nSPS) is 10.3. The van der Waals surface area contributed by atoms with Crippen molar-refractivity contribution in [1.82, 2.24) is 0 Å². The lowest BCUT2D eigenvalue weighted by atomic mass is 10.2. The molecule has 2 aromatic rings. The Morgan fingerprint density at radius 1 is 1.26 bits per heavy atom. The average Bonchev–Trinajstić information content (AvgIpc) is 2.41. The van der Waals surface area contributed by atoms with Gasteiger partial charge in [-0.05, 0) is 34.1 Å². The summed E-state index contributed by atoms with van der Waals surface area (Å²) in [6.07, 6.45) is 0.668. The summed E-state index contributed by atoms with van der Waals surface area (Å²) in [5, 5.41) is 0.345. The Morgan fingerprint density at radius 2 is 2.00 bits per heavy atom. The molecule has 0 N–H and O–H groups in total. The van der Waals surface area contributed by atoms with E-state index in [4.69, 9.17) is 16.3 Å². The number of ether oxygens (including phenoxy) is 1. The highest BCUT2D eigenvalue weighted by Crippen LogP contribution is 2.29. The Morgan fingerprint density at radius 3 is 2.74 bits per heavy atom. The van der Waals surface area contributed by atoms with E-state index in [-0.39, 0.29) is 12.4 Å². The summed E-state index contributed by atoms with van der Waals surface area (Å²) in [6.45, 7) is 0.114. The van der Waals surface area contributed by atoms with Gasteiger partial charge in [0.05, 0.1) is 15.1 Å². The zero-order valence-electron chi connectivity index (χ0n) is 9.70. The fourth-order valence-corrected chi connectivity index (χ4v) is 2.20. The first kappa shape index (κ1) is 14.0. The topological polar surface area (TPSA) is 26.3 Å². The second-order valence-electron chi connectivity index (χ2n) is 3.78. The van der Waals surface area contributed by atoms with Gasteiger partial charge in [-0.1, -0.05) is 29.8 Å². The fourth-order valence-electron chi connectivity index (χ4n) is 1.58. The summed E-state index contributed by atoms with van der Waals surface area (Å²) in [4.78, 5) is 10.9. The Bertz CT molecular complexity index is 616. The van der Waals surface area contributed by atoms with Crippen molar-refractivity contribution in [3.8, 4) is 5.75 Å². The van der Waals surface area contributed by atoms with Crippen LogP contribution in [0.2, 0.25) is 5.02 Å². The minimum absolute atomic E-state index is 0.114. The predicted octanol–water partition coefficient (Wildman–Crippen LogP) is 4.63. The van der Waals surface area contributed by atoms with Crippen molar-refractivity contribution in [3.05, 3.63) is 62.8 Å². The van der Waals surface area contributed by atoms with Crippen molar-refractivity contribution in [2.24, 2.45) is 0 Å². The highest BCUT2D eigenvalue weighted by atomic mass is 79.9. The second-order valence-corrected chi connectivity index (χ2v) is 4.98. The van der Waals surface area contributed by atoms with Crippen LogP contribution >= 0.6 is 27.5 Å². The maximum atomic E-state index is 13.3. The third-order valence-electron chi connectivity index (χ3n) is 2.53. The van der Waals surface area contributed by atoms with Crippen LogP contribution in [0.15, 0.2) is 40.9 Å². The van der Waals surface area contributed by atoms with Crippen molar-refractivity contribution in [2.45, 2.75) is 6.61 Å². The third-order valence-corrected chi connectivity index (χ3v) is 3.71. The molecule has 19 heavy (non-hydrogen) atoms. The summed E-state index contributed by atoms with van der Waals surface area (Å²) in [5.74, 6) is -0.0637. The Balaban J connectivity index is 2.24. The van der Waals surface area contributed by atoms with Gasteiger partial charge in [-0.15, -0.1) is 0 Å². The summed E-state index contributed by atoms with van der Waals surface area (Å²) < 4.78 is 19.2. The van der Waals surface area contributed by atoms with Gasteiger partial charge in [-0.3, -0.25) is 4.79 Å². The second kappa shape index (κ2) is 6.17. The molecule has 0 fully saturated rings. The molecule has 5 heteroatoms. The number of rotatable bonds is 4. The van der Waals surface area contributed by atoms with Crippen LogP contribution < -0.4 is 4.74 Å². The maximum absolute atomic E-state index is 13.3. The fraction of sp³-hybridized carbons (Fsp3) is 0.0714. The molecule has 0 spiro atoms. The molecule has 0 aliphatic rings. The van der Waals surface area contributed by atoms with Crippen LogP contribution in [0, 0.1) is 5.82 Å². The van der Waals surface area contributed by atoms with E-state index in [1.54, 1.807) is 30.3 Å². The molecule has 0 unspecified atom stereocenters. The molecule has 2 aromatic carbocycles. The van der Waals surface area contributed by atoms with Crippen LogP contribution in [0.3, 0.4) is 0 Å². The molecular formula is C14H9BrClFO2. The number of hydrogen-bond donors (Lipinski definition) is 0. The van der Waals surface area contributed by atoms with E-state index in [0.717, 1.165) is 0 Å². The van der Waals surface area contributed by atoms with E-state index >= 15 is 0 Å². The van der Waals surface area contributed by atoms with E-state index < -0.39 is 0 Å². The molecule has 0 aliphatic heterocycles. The summed E-state index contributed by atoms with van der Waals surface area (Å²) in [5.41, 5.74) is 0.997. The van der Waals surface area contributed by atoms with E-state index in [1.807, 2.05) is 0 Å². The molecule has 2 rings (SSSR count). The summed E-state index contributed by atoms with van der Waals surface area (Å²) in [6, 6.07) is 9.56. The van der Waals surface area contributed by atoms with Gasteiger partial charge in [0, 0.05) is 5.56 Å². The zero-order chi connectivity index (χ0) is 13.8. The maximum Gasteiger partial charge on any atom is 0.153 e. The molecule has 2 nitrogen and oxygen atoms in total. The van der Waals surface area contributed by atoms with Crippen LogP contribution in [-0.4, -0.2) is 6.29 Å². The number of carbonyl (C=O) groups excluding carboxylic acids is 1. The van der Waals surface area contributed by atoms with Crippen molar-refractivity contribution in [3.63, 3.8) is 0 Å². The van der Waals surface area contributed by atoms with Gasteiger partial charge in [-0.25, -0.2) is 4.39 Å². The lowest BCUT2D eigenvalue weighted by Gasteiger charge is -2.11. The van der Waals surface area contributed by atoms with E-state index in [0.29, 0.717) is 32.7 Å². The molecule has 0 atom stereocenters. The SMILES string of the molecule is O=Cc1cccc(Cl)c1OCc1cccc(F)c1Br. The molecule has 0 saturated heterocycles. The van der Waals surface area contributed by atoms with Gasteiger partial charge in [0.15, 0.2) is 6.29 Å². The molecule has 0 amide bonds. The molecular weight excluding hydrogens is 335 g/mol.